The van der Waals surface area contributed by atoms with Gasteiger partial charge in [-0.25, -0.2) is 0 Å². The maximum Gasteiger partial charge on any atom is 0.196 e. The van der Waals surface area contributed by atoms with E-state index in [0.717, 1.165) is 28.0 Å². The zero-order valence-corrected chi connectivity index (χ0v) is 19.7. The van der Waals surface area contributed by atoms with Gasteiger partial charge in [-0.1, -0.05) is 98.8 Å². The molecule has 0 unspecified atom stereocenters. The van der Waals surface area contributed by atoms with Gasteiger partial charge in [-0.15, -0.1) is 10.2 Å². The van der Waals surface area contributed by atoms with Crippen molar-refractivity contribution < 1.29 is 0 Å². The fraction of sp³-hybridized carbons (Fsp3) is 0.259. The number of para-hydroxylation sites is 1. The second kappa shape index (κ2) is 8.72. The summed E-state index contributed by atoms with van der Waals surface area (Å²) in [6.07, 6.45) is 0. The van der Waals surface area contributed by atoms with Gasteiger partial charge < -0.3 is 0 Å². The molecule has 158 valence electrons. The Bertz CT molecular complexity index is 1170. The lowest BCUT2D eigenvalue weighted by Gasteiger charge is -2.19. The van der Waals surface area contributed by atoms with Crippen molar-refractivity contribution in [3.63, 3.8) is 0 Å². The number of aromatic nitrogens is 3. The maximum atomic E-state index is 4.60. The Labute approximate surface area is 189 Å². The third-order valence-corrected chi connectivity index (χ3v) is 6.49. The second-order valence-corrected chi connectivity index (χ2v) is 9.97. The molecule has 0 aliphatic carbocycles. The molecule has 3 nitrogen and oxygen atoms in total. The van der Waals surface area contributed by atoms with Gasteiger partial charge in [-0.2, -0.15) is 0 Å². The van der Waals surface area contributed by atoms with Gasteiger partial charge in [-0.05, 0) is 48.1 Å². The monoisotopic (exact) mass is 427 g/mol. The SMILES string of the molecule is Cc1ccc(CSc2nnc(-c3ccc(C(C)(C)C)cc3)n2-c2ccccc2)c(C)c1. The van der Waals surface area contributed by atoms with Gasteiger partial charge in [-0.3, -0.25) is 4.57 Å². The summed E-state index contributed by atoms with van der Waals surface area (Å²) in [7, 11) is 0. The Morgan fingerprint density at radius 1 is 0.839 bits per heavy atom. The van der Waals surface area contributed by atoms with Gasteiger partial charge in [0.2, 0.25) is 0 Å². The van der Waals surface area contributed by atoms with Crippen molar-refractivity contribution in [2.24, 2.45) is 0 Å². The first-order valence-electron chi connectivity index (χ1n) is 10.6. The highest BCUT2D eigenvalue weighted by atomic mass is 32.2. The topological polar surface area (TPSA) is 30.7 Å². The number of thioether (sulfide) groups is 1. The van der Waals surface area contributed by atoms with Crippen LogP contribution >= 0.6 is 11.8 Å². The van der Waals surface area contributed by atoms with Crippen LogP contribution in [-0.2, 0) is 11.2 Å². The minimum absolute atomic E-state index is 0.124. The van der Waals surface area contributed by atoms with Crippen molar-refractivity contribution in [1.29, 1.82) is 0 Å². The van der Waals surface area contributed by atoms with Crippen LogP contribution < -0.4 is 0 Å². The molecule has 0 N–H and O–H groups in total. The lowest BCUT2D eigenvalue weighted by atomic mass is 9.87. The molecule has 31 heavy (non-hydrogen) atoms. The first-order chi connectivity index (χ1) is 14.8. The summed E-state index contributed by atoms with van der Waals surface area (Å²) >= 11 is 1.73. The molecule has 0 bridgehead atoms. The third kappa shape index (κ3) is 4.75. The highest BCUT2D eigenvalue weighted by molar-refractivity contribution is 7.98. The average Bonchev–Trinajstić information content (AvgIpc) is 3.17. The highest BCUT2D eigenvalue weighted by Gasteiger charge is 2.18. The molecule has 0 aliphatic heterocycles. The van der Waals surface area contributed by atoms with Crippen molar-refractivity contribution in [2.75, 3.05) is 0 Å². The molecule has 0 aliphatic rings. The van der Waals surface area contributed by atoms with Gasteiger partial charge >= 0.3 is 0 Å². The molecule has 4 aromatic rings. The van der Waals surface area contributed by atoms with Crippen LogP contribution in [0.5, 0.6) is 0 Å². The van der Waals surface area contributed by atoms with Gasteiger partial charge in [0.05, 0.1) is 0 Å². The molecule has 0 atom stereocenters. The number of benzene rings is 3. The minimum Gasteiger partial charge on any atom is -0.270 e. The van der Waals surface area contributed by atoms with Crippen LogP contribution in [0.2, 0.25) is 0 Å². The van der Waals surface area contributed by atoms with E-state index in [4.69, 9.17) is 0 Å². The van der Waals surface area contributed by atoms with E-state index in [-0.39, 0.29) is 5.41 Å². The number of hydrogen-bond acceptors (Lipinski definition) is 3. The Kier molecular flexibility index (Phi) is 6.01. The van der Waals surface area contributed by atoms with E-state index in [1.807, 2.05) is 6.07 Å². The predicted molar refractivity (Wildman–Crippen MR) is 131 cm³/mol. The van der Waals surface area contributed by atoms with E-state index >= 15 is 0 Å². The predicted octanol–water partition coefficient (Wildman–Crippen LogP) is 7.14. The summed E-state index contributed by atoms with van der Waals surface area (Å²) in [5.41, 5.74) is 7.52. The second-order valence-electron chi connectivity index (χ2n) is 9.02. The largest absolute Gasteiger partial charge is 0.270 e. The average molecular weight is 428 g/mol. The summed E-state index contributed by atoms with van der Waals surface area (Å²) < 4.78 is 2.17. The first kappa shape index (κ1) is 21.4. The van der Waals surface area contributed by atoms with Gasteiger partial charge in [0.15, 0.2) is 11.0 Å². The quantitative estimate of drug-likeness (QED) is 0.317. The van der Waals surface area contributed by atoms with Gasteiger partial charge in [0.1, 0.15) is 0 Å². The Hall–Kier alpha value is -2.85. The van der Waals surface area contributed by atoms with Crippen molar-refractivity contribution in [3.8, 4) is 17.1 Å². The van der Waals surface area contributed by atoms with Crippen LogP contribution in [0.4, 0.5) is 0 Å². The molecule has 1 aromatic heterocycles. The molecule has 0 amide bonds. The molecule has 1 heterocycles. The third-order valence-electron chi connectivity index (χ3n) is 5.51. The summed E-state index contributed by atoms with van der Waals surface area (Å²) in [6, 6.07) is 25.7. The highest BCUT2D eigenvalue weighted by Crippen LogP contribution is 2.31. The zero-order valence-electron chi connectivity index (χ0n) is 18.9. The molecule has 3 aromatic carbocycles. The van der Waals surface area contributed by atoms with Gasteiger partial charge in [0.25, 0.3) is 0 Å². The van der Waals surface area contributed by atoms with Crippen LogP contribution in [0.1, 0.15) is 43.0 Å². The molecule has 0 saturated heterocycles. The van der Waals surface area contributed by atoms with E-state index in [1.165, 1.54) is 22.3 Å². The molecule has 0 radical (unpaired) electrons. The van der Waals surface area contributed by atoms with E-state index in [9.17, 15) is 0 Å². The van der Waals surface area contributed by atoms with Gasteiger partial charge in [0, 0.05) is 17.0 Å². The normalized spacial score (nSPS) is 11.6. The van der Waals surface area contributed by atoms with Crippen LogP contribution in [0.3, 0.4) is 0 Å². The van der Waals surface area contributed by atoms with E-state index in [2.05, 4.69) is 116 Å². The molecular formula is C27H29N3S. The number of aryl methyl sites for hydroxylation is 2. The van der Waals surface area contributed by atoms with E-state index in [0.29, 0.717) is 0 Å². The Morgan fingerprint density at radius 3 is 2.19 bits per heavy atom. The number of rotatable bonds is 5. The fourth-order valence-corrected chi connectivity index (χ4v) is 4.66. The van der Waals surface area contributed by atoms with Crippen LogP contribution in [-0.4, -0.2) is 14.8 Å². The molecule has 0 spiro atoms. The van der Waals surface area contributed by atoms with E-state index in [1.54, 1.807) is 11.8 Å². The molecule has 4 rings (SSSR count). The van der Waals surface area contributed by atoms with Crippen molar-refractivity contribution in [3.05, 3.63) is 95.1 Å². The van der Waals surface area contributed by atoms with Crippen LogP contribution in [0, 0.1) is 13.8 Å². The fourth-order valence-electron chi connectivity index (χ4n) is 3.63. The first-order valence-corrected chi connectivity index (χ1v) is 11.6. The molecule has 0 saturated carbocycles. The smallest absolute Gasteiger partial charge is 0.196 e. The van der Waals surface area contributed by atoms with Crippen molar-refractivity contribution in [2.45, 2.75) is 50.9 Å². The summed E-state index contributed by atoms with van der Waals surface area (Å²) in [5.74, 6) is 1.73. The molecule has 4 heteroatoms. The van der Waals surface area contributed by atoms with E-state index < -0.39 is 0 Å². The lowest BCUT2D eigenvalue weighted by Crippen LogP contribution is -2.10. The lowest BCUT2D eigenvalue weighted by molar-refractivity contribution is 0.590. The summed E-state index contributed by atoms with van der Waals surface area (Å²) in [5, 5.41) is 10.1. The molecule has 0 fully saturated rings. The van der Waals surface area contributed by atoms with Crippen molar-refractivity contribution >= 4 is 11.8 Å². The minimum atomic E-state index is 0.124. The Morgan fingerprint density at radius 2 is 1.55 bits per heavy atom. The standard InChI is InChI=1S/C27H29N3S/c1-19-11-12-22(20(2)17-19)18-31-26-29-28-25(30(26)24-9-7-6-8-10-24)21-13-15-23(16-14-21)27(3,4)5/h6-17H,18H2,1-5H3. The summed E-state index contributed by atoms with van der Waals surface area (Å²) in [4.78, 5) is 0. The number of nitrogens with zero attached hydrogens (tertiary/aromatic N) is 3. The molecular weight excluding hydrogens is 398 g/mol. The van der Waals surface area contributed by atoms with Crippen molar-refractivity contribution in [1.82, 2.24) is 14.8 Å². The number of hydrogen-bond donors (Lipinski definition) is 0. The Balaban J connectivity index is 1.71. The zero-order chi connectivity index (χ0) is 22.0. The summed E-state index contributed by atoms with van der Waals surface area (Å²) in [6.45, 7) is 11.0. The van der Waals surface area contributed by atoms with Crippen LogP contribution in [0.25, 0.3) is 17.1 Å². The maximum absolute atomic E-state index is 4.60. The van der Waals surface area contributed by atoms with Crippen LogP contribution in [0.15, 0.2) is 78.0 Å².